The molecular weight excluding hydrogens is 262 g/mol. The van der Waals surface area contributed by atoms with Crippen LogP contribution in [0.5, 0.6) is 0 Å². The van der Waals surface area contributed by atoms with Gasteiger partial charge in [0.05, 0.1) is 26.7 Å². The zero-order valence-corrected chi connectivity index (χ0v) is 11.9. The largest absolute Gasteiger partial charge is 0.469 e. The summed E-state index contributed by atoms with van der Waals surface area (Å²) in [5, 5.41) is 0. The highest BCUT2D eigenvalue weighted by Gasteiger charge is 2.35. The molecule has 2 rings (SSSR count). The van der Waals surface area contributed by atoms with E-state index in [0.29, 0.717) is 18.8 Å². The van der Waals surface area contributed by atoms with Gasteiger partial charge in [0.25, 0.3) is 0 Å². The van der Waals surface area contributed by atoms with E-state index in [2.05, 4.69) is 9.64 Å². The molecule has 0 saturated carbocycles. The minimum Gasteiger partial charge on any atom is -0.469 e. The van der Waals surface area contributed by atoms with Crippen LogP contribution in [0.15, 0.2) is 16.5 Å². The van der Waals surface area contributed by atoms with Gasteiger partial charge in [-0.05, 0) is 18.1 Å². The van der Waals surface area contributed by atoms with Crippen molar-refractivity contribution in [2.24, 2.45) is 11.8 Å². The lowest BCUT2D eigenvalue weighted by Crippen LogP contribution is -2.24. The summed E-state index contributed by atoms with van der Waals surface area (Å²) < 4.78 is 14.8. The quantitative estimate of drug-likeness (QED) is 0.775. The molecular formula is C14H19NO5. The molecule has 1 fully saturated rings. The van der Waals surface area contributed by atoms with Gasteiger partial charge in [0.15, 0.2) is 0 Å². The summed E-state index contributed by atoms with van der Waals surface area (Å²) in [7, 11) is 2.72. The van der Waals surface area contributed by atoms with Gasteiger partial charge in [0.2, 0.25) is 5.76 Å². The van der Waals surface area contributed by atoms with E-state index in [4.69, 9.17) is 9.15 Å². The number of ether oxygens (including phenoxy) is 2. The number of hydrogen-bond donors (Lipinski definition) is 0. The van der Waals surface area contributed by atoms with Crippen LogP contribution in [0, 0.1) is 11.8 Å². The molecule has 0 aromatic carbocycles. The Morgan fingerprint density at radius 3 is 2.70 bits per heavy atom. The van der Waals surface area contributed by atoms with Gasteiger partial charge in [0.1, 0.15) is 5.76 Å². The molecule has 1 aliphatic heterocycles. The number of methoxy groups -OCH3 is 2. The van der Waals surface area contributed by atoms with E-state index in [1.54, 1.807) is 12.1 Å². The number of carbonyl (C=O) groups is 2. The molecule has 6 heteroatoms. The normalized spacial score (nSPS) is 22.8. The fourth-order valence-corrected chi connectivity index (χ4v) is 2.55. The Balaban J connectivity index is 1.96. The van der Waals surface area contributed by atoms with Gasteiger partial charge >= 0.3 is 11.9 Å². The summed E-state index contributed by atoms with van der Waals surface area (Å²) in [6.45, 7) is 4.04. The number of nitrogens with zero attached hydrogens (tertiary/aromatic N) is 1. The summed E-state index contributed by atoms with van der Waals surface area (Å²) >= 11 is 0. The molecule has 1 aromatic heterocycles. The lowest BCUT2D eigenvalue weighted by Gasteiger charge is -2.13. The first-order valence-electron chi connectivity index (χ1n) is 6.52. The Bertz CT molecular complexity index is 496. The van der Waals surface area contributed by atoms with Crippen molar-refractivity contribution in [3.05, 3.63) is 23.7 Å². The second-order valence-corrected chi connectivity index (χ2v) is 5.06. The van der Waals surface area contributed by atoms with E-state index >= 15 is 0 Å². The zero-order valence-electron chi connectivity index (χ0n) is 11.9. The van der Waals surface area contributed by atoms with Crippen LogP contribution in [-0.4, -0.2) is 44.1 Å². The standard InChI is InChI=1S/C14H19NO5/c1-9-6-15(8-11(9)13(16)18-2)7-10-4-5-12(20-10)14(17)19-3/h4-5,9,11H,6-8H2,1-3H3. The third-order valence-corrected chi connectivity index (χ3v) is 3.62. The Morgan fingerprint density at radius 2 is 2.05 bits per heavy atom. The number of likely N-dealkylation sites (tertiary alicyclic amines) is 1. The van der Waals surface area contributed by atoms with Crippen molar-refractivity contribution in [1.82, 2.24) is 4.90 Å². The number of hydrogen-bond acceptors (Lipinski definition) is 6. The number of rotatable bonds is 4. The summed E-state index contributed by atoms with van der Waals surface area (Å²) in [6, 6.07) is 3.35. The monoisotopic (exact) mass is 281 g/mol. The van der Waals surface area contributed by atoms with Crippen LogP contribution in [-0.2, 0) is 20.8 Å². The molecule has 0 amide bonds. The smallest absolute Gasteiger partial charge is 0.373 e. The van der Waals surface area contributed by atoms with Gasteiger partial charge in [-0.25, -0.2) is 4.79 Å². The summed E-state index contributed by atoms with van der Waals surface area (Å²) in [5.41, 5.74) is 0. The zero-order chi connectivity index (χ0) is 14.7. The van der Waals surface area contributed by atoms with Gasteiger partial charge in [-0.1, -0.05) is 6.92 Å². The van der Waals surface area contributed by atoms with E-state index in [9.17, 15) is 9.59 Å². The minimum atomic E-state index is -0.488. The second-order valence-electron chi connectivity index (χ2n) is 5.06. The van der Waals surface area contributed by atoms with Crippen molar-refractivity contribution in [3.63, 3.8) is 0 Å². The Morgan fingerprint density at radius 1 is 1.30 bits per heavy atom. The van der Waals surface area contributed by atoms with Crippen LogP contribution in [0.1, 0.15) is 23.2 Å². The summed E-state index contributed by atoms with van der Waals surface area (Å²) in [5.74, 6) is 0.364. The predicted molar refractivity (Wildman–Crippen MR) is 70.0 cm³/mol. The lowest BCUT2D eigenvalue weighted by atomic mass is 9.99. The molecule has 20 heavy (non-hydrogen) atoms. The summed E-state index contributed by atoms with van der Waals surface area (Å²) in [6.07, 6.45) is 0. The van der Waals surface area contributed by atoms with E-state index in [1.807, 2.05) is 6.92 Å². The maximum atomic E-state index is 11.6. The van der Waals surface area contributed by atoms with Crippen molar-refractivity contribution in [2.45, 2.75) is 13.5 Å². The average Bonchev–Trinajstić information content (AvgIpc) is 3.04. The lowest BCUT2D eigenvalue weighted by molar-refractivity contribution is -0.146. The molecule has 0 bridgehead atoms. The van der Waals surface area contributed by atoms with Crippen molar-refractivity contribution in [3.8, 4) is 0 Å². The van der Waals surface area contributed by atoms with Crippen molar-refractivity contribution in [1.29, 1.82) is 0 Å². The van der Waals surface area contributed by atoms with E-state index in [1.165, 1.54) is 14.2 Å². The topological polar surface area (TPSA) is 69.0 Å². The molecule has 0 aliphatic carbocycles. The first-order chi connectivity index (χ1) is 9.55. The average molecular weight is 281 g/mol. The molecule has 2 heterocycles. The van der Waals surface area contributed by atoms with Crippen LogP contribution < -0.4 is 0 Å². The molecule has 110 valence electrons. The molecule has 6 nitrogen and oxygen atoms in total. The highest BCUT2D eigenvalue weighted by Crippen LogP contribution is 2.25. The molecule has 1 aliphatic rings. The number of esters is 2. The molecule has 1 saturated heterocycles. The van der Waals surface area contributed by atoms with Gasteiger partial charge < -0.3 is 13.9 Å². The van der Waals surface area contributed by atoms with E-state index < -0.39 is 5.97 Å². The van der Waals surface area contributed by atoms with Gasteiger partial charge in [-0.2, -0.15) is 0 Å². The van der Waals surface area contributed by atoms with Gasteiger partial charge in [-0.15, -0.1) is 0 Å². The molecule has 0 N–H and O–H groups in total. The molecule has 0 radical (unpaired) electrons. The second kappa shape index (κ2) is 6.09. The SMILES string of the molecule is COC(=O)c1ccc(CN2CC(C)C(C(=O)OC)C2)o1. The van der Waals surface area contributed by atoms with Crippen LogP contribution >= 0.6 is 0 Å². The maximum Gasteiger partial charge on any atom is 0.373 e. The van der Waals surface area contributed by atoms with Gasteiger partial charge in [-0.3, -0.25) is 9.69 Å². The van der Waals surface area contributed by atoms with Crippen LogP contribution in [0.4, 0.5) is 0 Å². The van der Waals surface area contributed by atoms with Crippen LogP contribution in [0.3, 0.4) is 0 Å². The fraction of sp³-hybridized carbons (Fsp3) is 0.571. The number of carbonyl (C=O) groups excluding carboxylic acids is 2. The molecule has 0 spiro atoms. The highest BCUT2D eigenvalue weighted by molar-refractivity contribution is 5.86. The summed E-state index contributed by atoms with van der Waals surface area (Å²) in [4.78, 5) is 25.0. The third kappa shape index (κ3) is 3.01. The van der Waals surface area contributed by atoms with Gasteiger partial charge in [0, 0.05) is 13.1 Å². The Hall–Kier alpha value is -1.82. The first-order valence-corrected chi connectivity index (χ1v) is 6.52. The molecule has 2 atom stereocenters. The third-order valence-electron chi connectivity index (χ3n) is 3.62. The minimum absolute atomic E-state index is 0.102. The predicted octanol–water partition coefficient (Wildman–Crippen LogP) is 1.31. The van der Waals surface area contributed by atoms with Crippen LogP contribution in [0.25, 0.3) is 0 Å². The Labute approximate surface area is 117 Å². The first kappa shape index (κ1) is 14.6. The van der Waals surface area contributed by atoms with Crippen molar-refractivity contribution < 1.29 is 23.5 Å². The van der Waals surface area contributed by atoms with E-state index in [0.717, 1.165) is 6.54 Å². The highest BCUT2D eigenvalue weighted by atomic mass is 16.5. The molecule has 1 aromatic rings. The van der Waals surface area contributed by atoms with Crippen molar-refractivity contribution >= 4 is 11.9 Å². The van der Waals surface area contributed by atoms with Crippen molar-refractivity contribution in [2.75, 3.05) is 27.3 Å². The van der Waals surface area contributed by atoms with E-state index in [-0.39, 0.29) is 23.6 Å². The fourth-order valence-electron chi connectivity index (χ4n) is 2.55. The maximum absolute atomic E-state index is 11.6. The Kier molecular flexibility index (Phi) is 4.44. The van der Waals surface area contributed by atoms with Crippen LogP contribution in [0.2, 0.25) is 0 Å². The number of furan rings is 1. The molecule has 2 unspecified atom stereocenters.